The largest absolute Gasteiger partial charge is 0.364 e. The first-order chi connectivity index (χ1) is 11.9. The number of nitrogens with zero attached hydrogens (tertiary/aromatic N) is 3. The van der Waals surface area contributed by atoms with Crippen LogP contribution in [0.25, 0.3) is 16.7 Å². The topological polar surface area (TPSA) is 79.4 Å². The summed E-state index contributed by atoms with van der Waals surface area (Å²) in [5.74, 6) is -0.817. The van der Waals surface area contributed by atoms with Crippen LogP contribution in [-0.2, 0) is 5.41 Å². The van der Waals surface area contributed by atoms with Gasteiger partial charge >= 0.3 is 0 Å². The number of hydrogen-bond acceptors (Lipinski definition) is 3. The summed E-state index contributed by atoms with van der Waals surface area (Å²) in [6.45, 7) is 7.28. The molecule has 3 heterocycles. The second kappa shape index (κ2) is 5.56. The standard InChI is InChI=1S/C18H22FN5O/c1-3-23-8-6-18(2,7-9-23)14-15(16(20)25)22-24-13-5-4-11(19)10-12(13)21-17(14)24/h4-5,10,22H,3,6-9H2,1-2H3,(H2,20,25). The number of primary amides is 1. The number of fused-ring (bicyclic) bond motifs is 3. The lowest BCUT2D eigenvalue weighted by atomic mass is 9.74. The number of rotatable bonds is 3. The Morgan fingerprint density at radius 1 is 1.40 bits per heavy atom. The zero-order valence-corrected chi connectivity index (χ0v) is 14.5. The van der Waals surface area contributed by atoms with E-state index < -0.39 is 5.91 Å². The Kier molecular flexibility index (Phi) is 3.57. The third-order valence-corrected chi connectivity index (χ3v) is 5.57. The fourth-order valence-electron chi connectivity index (χ4n) is 3.98. The van der Waals surface area contributed by atoms with E-state index in [0.717, 1.165) is 43.6 Å². The van der Waals surface area contributed by atoms with Crippen molar-refractivity contribution in [1.29, 1.82) is 0 Å². The van der Waals surface area contributed by atoms with Crippen molar-refractivity contribution in [3.63, 3.8) is 0 Å². The fraction of sp³-hybridized carbons (Fsp3) is 0.444. The second-order valence-electron chi connectivity index (χ2n) is 7.12. The predicted octanol–water partition coefficient (Wildman–Crippen LogP) is 2.43. The van der Waals surface area contributed by atoms with Crippen molar-refractivity contribution in [2.75, 3.05) is 19.6 Å². The number of benzene rings is 1. The molecule has 0 saturated carbocycles. The summed E-state index contributed by atoms with van der Waals surface area (Å²) in [7, 11) is 0. The summed E-state index contributed by atoms with van der Waals surface area (Å²) in [6, 6.07) is 4.46. The van der Waals surface area contributed by atoms with Gasteiger partial charge in [-0.1, -0.05) is 13.8 Å². The average molecular weight is 343 g/mol. The zero-order valence-electron chi connectivity index (χ0n) is 14.5. The molecule has 6 nitrogen and oxygen atoms in total. The van der Waals surface area contributed by atoms with Crippen molar-refractivity contribution < 1.29 is 9.18 Å². The Morgan fingerprint density at radius 3 is 2.76 bits per heavy atom. The number of piperidine rings is 1. The number of hydrogen-bond donors (Lipinski definition) is 2. The van der Waals surface area contributed by atoms with E-state index in [0.29, 0.717) is 16.9 Å². The number of aromatic nitrogens is 3. The minimum absolute atomic E-state index is 0.197. The molecule has 2 aromatic heterocycles. The van der Waals surface area contributed by atoms with Crippen molar-refractivity contribution in [3.05, 3.63) is 35.3 Å². The molecule has 1 saturated heterocycles. The van der Waals surface area contributed by atoms with E-state index in [2.05, 4.69) is 28.8 Å². The summed E-state index contributed by atoms with van der Waals surface area (Å²) in [4.78, 5) is 19.1. The number of nitrogens with one attached hydrogen (secondary N) is 1. The van der Waals surface area contributed by atoms with Crippen molar-refractivity contribution in [3.8, 4) is 0 Å². The van der Waals surface area contributed by atoms with Gasteiger partial charge in [0.1, 0.15) is 11.5 Å². The first-order valence-electron chi connectivity index (χ1n) is 8.65. The summed E-state index contributed by atoms with van der Waals surface area (Å²) in [5, 5.41) is 3.10. The smallest absolute Gasteiger partial charge is 0.267 e. The Bertz CT molecular complexity index is 965. The maximum Gasteiger partial charge on any atom is 0.267 e. The SMILES string of the molecule is CCN1CCC(C)(c2c(C(N)=O)[nH]n3c2nc2cc(F)ccc23)CC1. The highest BCUT2D eigenvalue weighted by Crippen LogP contribution is 2.39. The Morgan fingerprint density at radius 2 is 2.12 bits per heavy atom. The van der Waals surface area contributed by atoms with Gasteiger partial charge in [-0.3, -0.25) is 9.89 Å². The van der Waals surface area contributed by atoms with Gasteiger partial charge in [0.2, 0.25) is 0 Å². The van der Waals surface area contributed by atoms with Gasteiger partial charge in [0.05, 0.1) is 11.0 Å². The van der Waals surface area contributed by atoms with Crippen molar-refractivity contribution in [2.24, 2.45) is 5.73 Å². The lowest BCUT2D eigenvalue weighted by molar-refractivity contribution is 0.0990. The number of H-pyrrole nitrogens is 1. The average Bonchev–Trinajstić information content (AvgIpc) is 3.11. The normalized spacial score (nSPS) is 18.2. The van der Waals surface area contributed by atoms with Gasteiger partial charge < -0.3 is 10.6 Å². The summed E-state index contributed by atoms with van der Waals surface area (Å²) in [6.07, 6.45) is 1.85. The van der Waals surface area contributed by atoms with Gasteiger partial charge in [0, 0.05) is 17.0 Å². The monoisotopic (exact) mass is 343 g/mol. The van der Waals surface area contributed by atoms with Crippen molar-refractivity contribution in [1.82, 2.24) is 19.5 Å². The van der Waals surface area contributed by atoms with E-state index in [9.17, 15) is 9.18 Å². The Balaban J connectivity index is 1.93. The number of aromatic amines is 1. The molecule has 1 aliphatic heterocycles. The highest BCUT2D eigenvalue weighted by molar-refractivity contribution is 5.96. The molecule has 1 fully saturated rings. The summed E-state index contributed by atoms with van der Waals surface area (Å²) >= 11 is 0. The highest BCUT2D eigenvalue weighted by atomic mass is 19.1. The summed E-state index contributed by atoms with van der Waals surface area (Å²) < 4.78 is 15.3. The zero-order chi connectivity index (χ0) is 17.8. The molecule has 0 atom stereocenters. The number of imidazole rings is 1. The van der Waals surface area contributed by atoms with Gasteiger partial charge in [-0.25, -0.2) is 13.9 Å². The molecule has 3 aromatic rings. The van der Waals surface area contributed by atoms with Crippen LogP contribution in [0.5, 0.6) is 0 Å². The molecule has 132 valence electrons. The van der Waals surface area contributed by atoms with E-state index in [1.54, 1.807) is 10.6 Å². The molecule has 1 aromatic carbocycles. The molecule has 0 bridgehead atoms. The highest BCUT2D eigenvalue weighted by Gasteiger charge is 2.38. The van der Waals surface area contributed by atoms with Gasteiger partial charge in [-0.05, 0) is 44.6 Å². The first-order valence-corrected chi connectivity index (χ1v) is 8.65. The van der Waals surface area contributed by atoms with Gasteiger partial charge in [-0.15, -0.1) is 0 Å². The quantitative estimate of drug-likeness (QED) is 0.766. The fourth-order valence-corrected chi connectivity index (χ4v) is 3.98. The summed E-state index contributed by atoms with van der Waals surface area (Å²) in [5.41, 5.74) is 8.68. The predicted molar refractivity (Wildman–Crippen MR) is 94.2 cm³/mol. The van der Waals surface area contributed by atoms with E-state index in [-0.39, 0.29) is 11.2 Å². The third-order valence-electron chi connectivity index (χ3n) is 5.57. The molecule has 0 spiro atoms. The molecule has 0 aliphatic carbocycles. The van der Waals surface area contributed by atoms with E-state index >= 15 is 0 Å². The molecule has 3 N–H and O–H groups in total. The van der Waals surface area contributed by atoms with Crippen LogP contribution in [0.2, 0.25) is 0 Å². The third kappa shape index (κ3) is 2.41. The molecular formula is C18H22FN5O. The van der Waals surface area contributed by atoms with Crippen LogP contribution in [-0.4, -0.2) is 45.0 Å². The first kappa shape index (κ1) is 16.1. The molecule has 1 amide bonds. The van der Waals surface area contributed by atoms with Crippen LogP contribution in [0, 0.1) is 5.82 Å². The number of likely N-dealkylation sites (tertiary alicyclic amines) is 1. The number of amides is 1. The van der Waals surface area contributed by atoms with Gasteiger partial charge in [0.25, 0.3) is 5.91 Å². The molecular weight excluding hydrogens is 321 g/mol. The maximum atomic E-state index is 13.6. The van der Waals surface area contributed by atoms with Crippen LogP contribution in [0.15, 0.2) is 18.2 Å². The van der Waals surface area contributed by atoms with Crippen LogP contribution >= 0.6 is 0 Å². The molecule has 4 rings (SSSR count). The van der Waals surface area contributed by atoms with Crippen molar-refractivity contribution >= 4 is 22.6 Å². The van der Waals surface area contributed by atoms with Crippen LogP contribution in [0.1, 0.15) is 42.7 Å². The minimum atomic E-state index is -0.491. The molecule has 1 aliphatic rings. The molecule has 0 radical (unpaired) electrons. The molecule has 0 unspecified atom stereocenters. The lowest BCUT2D eigenvalue weighted by Gasteiger charge is -2.39. The van der Waals surface area contributed by atoms with Gasteiger partial charge in [-0.2, -0.15) is 0 Å². The molecule has 7 heteroatoms. The van der Waals surface area contributed by atoms with Crippen LogP contribution in [0.3, 0.4) is 0 Å². The van der Waals surface area contributed by atoms with E-state index in [1.165, 1.54) is 12.1 Å². The van der Waals surface area contributed by atoms with Gasteiger partial charge in [0.15, 0.2) is 5.65 Å². The Hall–Kier alpha value is -2.41. The number of carbonyl (C=O) groups is 1. The van der Waals surface area contributed by atoms with E-state index in [4.69, 9.17) is 5.73 Å². The number of nitrogens with two attached hydrogens (primary N) is 1. The second-order valence-corrected chi connectivity index (χ2v) is 7.12. The number of carbonyl (C=O) groups excluding carboxylic acids is 1. The lowest BCUT2D eigenvalue weighted by Crippen LogP contribution is -2.41. The maximum absolute atomic E-state index is 13.6. The van der Waals surface area contributed by atoms with E-state index in [1.807, 2.05) is 0 Å². The van der Waals surface area contributed by atoms with Crippen LogP contribution < -0.4 is 5.73 Å². The van der Waals surface area contributed by atoms with Crippen molar-refractivity contribution in [2.45, 2.75) is 32.1 Å². The van der Waals surface area contributed by atoms with Crippen LogP contribution in [0.4, 0.5) is 4.39 Å². The Labute approximate surface area is 144 Å². The minimum Gasteiger partial charge on any atom is -0.364 e. The molecule has 25 heavy (non-hydrogen) atoms. The number of halogens is 1.